The summed E-state index contributed by atoms with van der Waals surface area (Å²) in [5.74, 6) is 0. The average molecular weight is 423 g/mol. The lowest BCUT2D eigenvalue weighted by Gasteiger charge is -2.13. The molecule has 0 amide bonds. The highest BCUT2D eigenvalue weighted by Gasteiger charge is 2.24. The Kier molecular flexibility index (Phi) is 4.64. The van der Waals surface area contributed by atoms with Gasteiger partial charge in [-0.25, -0.2) is 4.79 Å². The van der Waals surface area contributed by atoms with Crippen LogP contribution in [0.2, 0.25) is 5.02 Å². The van der Waals surface area contributed by atoms with E-state index in [1.54, 1.807) is 15.9 Å². The molecule has 0 aliphatic heterocycles. The van der Waals surface area contributed by atoms with E-state index in [1.807, 2.05) is 54.6 Å². The number of aromatic nitrogens is 2. The van der Waals surface area contributed by atoms with Crippen LogP contribution in [0.4, 0.5) is 0 Å². The molecule has 1 aliphatic carbocycles. The normalized spacial score (nSPS) is 13.1. The van der Waals surface area contributed by atoms with Crippen molar-refractivity contribution in [2.75, 3.05) is 0 Å². The fourth-order valence-corrected chi connectivity index (χ4v) is 5.57. The molecular weight excluding hydrogens is 404 g/mol. The van der Waals surface area contributed by atoms with E-state index in [1.165, 1.54) is 9.44 Å². The Bertz CT molecular complexity index is 1320. The number of hydrogen-bond donors (Lipinski definition) is 0. The topological polar surface area (TPSA) is 44.0 Å². The molecule has 2 heterocycles. The van der Waals surface area contributed by atoms with Gasteiger partial charge in [-0.1, -0.05) is 54.1 Å². The molecule has 0 radical (unpaired) electrons. The van der Waals surface area contributed by atoms with Gasteiger partial charge in [0.2, 0.25) is 0 Å². The molecule has 2 aromatic carbocycles. The van der Waals surface area contributed by atoms with Crippen LogP contribution >= 0.6 is 22.9 Å². The third-order valence-electron chi connectivity index (χ3n) is 5.51. The zero-order valence-electron chi connectivity index (χ0n) is 15.7. The Labute approximate surface area is 176 Å². The molecule has 6 heteroatoms. The van der Waals surface area contributed by atoms with Crippen molar-refractivity contribution in [2.45, 2.75) is 32.4 Å². The van der Waals surface area contributed by atoms with Crippen molar-refractivity contribution >= 4 is 33.2 Å². The van der Waals surface area contributed by atoms with E-state index >= 15 is 0 Å². The highest BCUT2D eigenvalue weighted by molar-refractivity contribution is 7.18. The van der Waals surface area contributed by atoms with Crippen molar-refractivity contribution in [1.29, 1.82) is 0 Å². The number of rotatable bonds is 4. The predicted molar refractivity (Wildman–Crippen MR) is 118 cm³/mol. The summed E-state index contributed by atoms with van der Waals surface area (Å²) in [5.41, 5.74) is 2.63. The molecule has 0 saturated heterocycles. The molecule has 29 heavy (non-hydrogen) atoms. The smallest absolute Gasteiger partial charge is 0.280 e. The van der Waals surface area contributed by atoms with Gasteiger partial charge in [0.1, 0.15) is 4.83 Å². The first-order chi connectivity index (χ1) is 14.1. The molecule has 1 aliphatic rings. The summed E-state index contributed by atoms with van der Waals surface area (Å²) in [6.45, 7) is 0.695. The highest BCUT2D eigenvalue weighted by Crippen LogP contribution is 2.35. The first-order valence-corrected chi connectivity index (χ1v) is 10.9. The number of halogens is 1. The molecule has 2 aromatic heterocycles. The van der Waals surface area contributed by atoms with E-state index in [0.717, 1.165) is 46.2 Å². The first kappa shape index (κ1) is 18.4. The molecule has 0 fully saturated rings. The fourth-order valence-electron chi connectivity index (χ4n) is 4.07. The van der Waals surface area contributed by atoms with Crippen LogP contribution in [0.3, 0.4) is 0 Å². The molecular formula is C23H19ClN2O2S. The van der Waals surface area contributed by atoms with Gasteiger partial charge < -0.3 is 0 Å². The third kappa shape index (κ3) is 3.24. The lowest BCUT2D eigenvalue weighted by Crippen LogP contribution is -2.40. The number of fused-ring (bicyclic) bond motifs is 3. The molecule has 4 nitrogen and oxygen atoms in total. The maximum absolute atomic E-state index is 13.4. The molecule has 0 atom stereocenters. The summed E-state index contributed by atoms with van der Waals surface area (Å²) in [5, 5.41) is 1.39. The van der Waals surface area contributed by atoms with Crippen molar-refractivity contribution in [1.82, 2.24) is 9.13 Å². The molecule has 0 saturated carbocycles. The minimum absolute atomic E-state index is 0.166. The van der Waals surface area contributed by atoms with Crippen LogP contribution in [0.5, 0.6) is 0 Å². The predicted octanol–water partition coefficient (Wildman–Crippen LogP) is 4.46. The van der Waals surface area contributed by atoms with Crippen molar-refractivity contribution < 1.29 is 0 Å². The lowest BCUT2D eigenvalue weighted by molar-refractivity contribution is 0.637. The summed E-state index contributed by atoms with van der Waals surface area (Å²) in [4.78, 5) is 28.8. The minimum Gasteiger partial charge on any atom is -0.280 e. The Morgan fingerprint density at radius 2 is 1.55 bits per heavy atom. The van der Waals surface area contributed by atoms with Gasteiger partial charge in [-0.15, -0.1) is 11.3 Å². The quantitative estimate of drug-likeness (QED) is 0.487. The Morgan fingerprint density at radius 3 is 2.31 bits per heavy atom. The molecule has 0 bridgehead atoms. The van der Waals surface area contributed by atoms with Crippen LogP contribution in [0, 0.1) is 0 Å². The Morgan fingerprint density at radius 1 is 0.862 bits per heavy atom. The van der Waals surface area contributed by atoms with E-state index in [-0.39, 0.29) is 17.8 Å². The van der Waals surface area contributed by atoms with Crippen LogP contribution in [-0.2, 0) is 25.9 Å². The number of hydrogen-bond acceptors (Lipinski definition) is 3. The van der Waals surface area contributed by atoms with Crippen LogP contribution in [-0.4, -0.2) is 9.13 Å². The second-order valence-electron chi connectivity index (χ2n) is 7.41. The maximum Gasteiger partial charge on any atom is 0.332 e. The number of aryl methyl sites for hydroxylation is 2. The standard InChI is InChI=1S/C23H19ClN2O2S/c24-17-11-9-16(10-12-17)14-26-22-20(18-7-4-8-19(18)29-22)21(27)25(23(26)28)13-15-5-2-1-3-6-15/h1-3,5-6,9-12H,4,7-8,13-14H2. The van der Waals surface area contributed by atoms with Crippen molar-refractivity contribution in [3.8, 4) is 0 Å². The second-order valence-corrected chi connectivity index (χ2v) is 8.93. The average Bonchev–Trinajstić information content (AvgIpc) is 3.32. The number of thiophene rings is 1. The van der Waals surface area contributed by atoms with E-state index in [9.17, 15) is 9.59 Å². The molecule has 0 unspecified atom stereocenters. The molecule has 146 valence electrons. The van der Waals surface area contributed by atoms with Gasteiger partial charge in [0.15, 0.2) is 0 Å². The van der Waals surface area contributed by atoms with Crippen LogP contribution < -0.4 is 11.2 Å². The SMILES string of the molecule is O=c1c2c3c(sc2n(Cc2ccc(Cl)cc2)c(=O)n1Cc1ccccc1)CCC3. The summed E-state index contributed by atoms with van der Waals surface area (Å²) in [6.07, 6.45) is 2.97. The summed E-state index contributed by atoms with van der Waals surface area (Å²) in [7, 11) is 0. The van der Waals surface area contributed by atoms with Crippen molar-refractivity contribution in [3.05, 3.63) is 102 Å². The van der Waals surface area contributed by atoms with Crippen LogP contribution in [0.1, 0.15) is 28.0 Å². The lowest BCUT2D eigenvalue weighted by atomic mass is 10.2. The number of nitrogens with zero attached hydrogens (tertiary/aromatic N) is 2. The highest BCUT2D eigenvalue weighted by atomic mass is 35.5. The summed E-state index contributed by atoms with van der Waals surface area (Å²) < 4.78 is 3.14. The van der Waals surface area contributed by atoms with Gasteiger partial charge in [0.25, 0.3) is 5.56 Å². The van der Waals surface area contributed by atoms with E-state index in [2.05, 4.69) is 0 Å². The van der Waals surface area contributed by atoms with Gasteiger partial charge >= 0.3 is 5.69 Å². The summed E-state index contributed by atoms with van der Waals surface area (Å²) in [6, 6.07) is 17.2. The van der Waals surface area contributed by atoms with Crippen molar-refractivity contribution in [2.24, 2.45) is 0 Å². The van der Waals surface area contributed by atoms with Crippen LogP contribution in [0.25, 0.3) is 10.2 Å². The molecule has 0 N–H and O–H groups in total. The Balaban J connectivity index is 1.73. The van der Waals surface area contributed by atoms with Gasteiger partial charge in [-0.3, -0.25) is 13.9 Å². The second kappa shape index (κ2) is 7.32. The summed E-state index contributed by atoms with van der Waals surface area (Å²) >= 11 is 7.62. The monoisotopic (exact) mass is 422 g/mol. The van der Waals surface area contributed by atoms with E-state index in [0.29, 0.717) is 11.6 Å². The van der Waals surface area contributed by atoms with Gasteiger partial charge in [-0.05, 0) is 48.1 Å². The molecule has 0 spiro atoms. The van der Waals surface area contributed by atoms with Gasteiger partial charge in [0, 0.05) is 9.90 Å². The number of benzene rings is 2. The molecule has 5 rings (SSSR count). The van der Waals surface area contributed by atoms with E-state index < -0.39 is 0 Å². The maximum atomic E-state index is 13.4. The largest absolute Gasteiger partial charge is 0.332 e. The van der Waals surface area contributed by atoms with Crippen LogP contribution in [0.15, 0.2) is 64.2 Å². The van der Waals surface area contributed by atoms with Gasteiger partial charge in [0.05, 0.1) is 18.5 Å². The zero-order chi connectivity index (χ0) is 20.0. The van der Waals surface area contributed by atoms with Crippen molar-refractivity contribution in [3.63, 3.8) is 0 Å². The van der Waals surface area contributed by atoms with Gasteiger partial charge in [-0.2, -0.15) is 0 Å². The third-order valence-corrected chi connectivity index (χ3v) is 7.07. The zero-order valence-corrected chi connectivity index (χ0v) is 17.3. The van der Waals surface area contributed by atoms with E-state index in [4.69, 9.17) is 11.6 Å². The minimum atomic E-state index is -0.263. The first-order valence-electron chi connectivity index (χ1n) is 9.68. The molecule has 4 aromatic rings. The fraction of sp³-hybridized carbons (Fsp3) is 0.217. The Hall–Kier alpha value is -2.63.